The number of rotatable bonds is 3. The summed E-state index contributed by atoms with van der Waals surface area (Å²) in [4.78, 5) is 4.28. The lowest BCUT2D eigenvalue weighted by Gasteiger charge is -2.10. The molecule has 1 aromatic carbocycles. The third-order valence-corrected chi connectivity index (χ3v) is 2.66. The van der Waals surface area contributed by atoms with Crippen molar-refractivity contribution in [1.29, 1.82) is 0 Å². The van der Waals surface area contributed by atoms with E-state index in [2.05, 4.69) is 30.2 Å². The van der Waals surface area contributed by atoms with Gasteiger partial charge in [-0.15, -0.1) is 12.4 Å². The predicted octanol–water partition coefficient (Wildman–Crippen LogP) is 2.11. The van der Waals surface area contributed by atoms with Crippen LogP contribution in [-0.2, 0) is 0 Å². The summed E-state index contributed by atoms with van der Waals surface area (Å²) in [5.41, 5.74) is 2.46. The highest BCUT2D eigenvalue weighted by Crippen LogP contribution is 2.20. The molecule has 0 spiro atoms. The van der Waals surface area contributed by atoms with Crippen molar-refractivity contribution in [3.63, 3.8) is 0 Å². The lowest BCUT2D eigenvalue weighted by atomic mass is 10.1. The van der Waals surface area contributed by atoms with E-state index < -0.39 is 0 Å². The van der Waals surface area contributed by atoms with Gasteiger partial charge in [-0.25, -0.2) is 0 Å². The van der Waals surface area contributed by atoms with Gasteiger partial charge in [0.05, 0.1) is 6.54 Å². The summed E-state index contributed by atoms with van der Waals surface area (Å²) in [6.07, 6.45) is 0. The first-order valence-corrected chi connectivity index (χ1v) is 5.23. The van der Waals surface area contributed by atoms with Crippen molar-refractivity contribution >= 4 is 18.2 Å². The standard InChI is InChI=1S/C12H16N2O.ClH/c1-9-4-3-5-11(10(9)2)15-8-12-13-6-7-14-12;/h3-5H,6-8H2,1-2H3,(H,13,14);1H. The molecule has 0 amide bonds. The first-order valence-electron chi connectivity index (χ1n) is 5.23. The van der Waals surface area contributed by atoms with Crippen LogP contribution >= 0.6 is 12.4 Å². The minimum atomic E-state index is 0. The highest BCUT2D eigenvalue weighted by molar-refractivity contribution is 5.85. The van der Waals surface area contributed by atoms with Gasteiger partial charge in [-0.1, -0.05) is 12.1 Å². The highest BCUT2D eigenvalue weighted by Gasteiger charge is 2.07. The molecule has 1 aromatic rings. The van der Waals surface area contributed by atoms with Crippen molar-refractivity contribution in [3.05, 3.63) is 29.3 Å². The van der Waals surface area contributed by atoms with Crippen LogP contribution in [0.15, 0.2) is 23.2 Å². The summed E-state index contributed by atoms with van der Waals surface area (Å²) in [6.45, 7) is 6.52. The quantitative estimate of drug-likeness (QED) is 0.878. The Hall–Kier alpha value is -1.22. The van der Waals surface area contributed by atoms with Crippen molar-refractivity contribution in [1.82, 2.24) is 5.32 Å². The molecule has 88 valence electrons. The van der Waals surface area contributed by atoms with E-state index in [0.29, 0.717) is 6.61 Å². The molecule has 0 saturated heterocycles. The topological polar surface area (TPSA) is 33.6 Å². The second-order valence-corrected chi connectivity index (χ2v) is 3.74. The van der Waals surface area contributed by atoms with E-state index in [0.717, 1.165) is 24.7 Å². The van der Waals surface area contributed by atoms with Gasteiger partial charge >= 0.3 is 0 Å². The van der Waals surface area contributed by atoms with E-state index in [9.17, 15) is 0 Å². The van der Waals surface area contributed by atoms with Crippen molar-refractivity contribution in [2.24, 2.45) is 4.99 Å². The molecule has 16 heavy (non-hydrogen) atoms. The average molecular weight is 241 g/mol. The number of hydrogen-bond donors (Lipinski definition) is 1. The van der Waals surface area contributed by atoms with Crippen LogP contribution in [0, 0.1) is 13.8 Å². The Balaban J connectivity index is 0.00000128. The van der Waals surface area contributed by atoms with E-state index in [1.807, 2.05) is 12.1 Å². The van der Waals surface area contributed by atoms with Crippen LogP contribution in [0.25, 0.3) is 0 Å². The zero-order chi connectivity index (χ0) is 10.7. The maximum absolute atomic E-state index is 5.71. The molecule has 1 aliphatic rings. The lowest BCUT2D eigenvalue weighted by molar-refractivity contribution is 0.370. The Morgan fingerprint density at radius 1 is 1.38 bits per heavy atom. The molecule has 0 atom stereocenters. The lowest BCUT2D eigenvalue weighted by Crippen LogP contribution is -2.25. The van der Waals surface area contributed by atoms with E-state index in [1.54, 1.807) is 0 Å². The van der Waals surface area contributed by atoms with E-state index in [4.69, 9.17) is 4.74 Å². The highest BCUT2D eigenvalue weighted by atomic mass is 35.5. The van der Waals surface area contributed by atoms with Crippen molar-refractivity contribution in [3.8, 4) is 5.75 Å². The Kier molecular flexibility index (Phi) is 4.62. The van der Waals surface area contributed by atoms with Gasteiger partial charge in [0.25, 0.3) is 0 Å². The van der Waals surface area contributed by atoms with E-state index in [-0.39, 0.29) is 12.4 Å². The Morgan fingerprint density at radius 2 is 2.19 bits per heavy atom. The first-order chi connectivity index (χ1) is 7.27. The molecule has 1 N–H and O–H groups in total. The van der Waals surface area contributed by atoms with Gasteiger partial charge in [0.2, 0.25) is 0 Å². The molecule has 0 fully saturated rings. The third-order valence-electron chi connectivity index (χ3n) is 2.66. The molecule has 0 bridgehead atoms. The smallest absolute Gasteiger partial charge is 0.145 e. The van der Waals surface area contributed by atoms with E-state index >= 15 is 0 Å². The molecule has 4 heteroatoms. The van der Waals surface area contributed by atoms with Crippen LogP contribution in [0.4, 0.5) is 0 Å². The van der Waals surface area contributed by atoms with Gasteiger partial charge in [0, 0.05) is 6.54 Å². The number of hydrogen-bond acceptors (Lipinski definition) is 3. The maximum atomic E-state index is 5.71. The molecule has 0 unspecified atom stereocenters. The summed E-state index contributed by atoms with van der Waals surface area (Å²) in [6, 6.07) is 6.10. The molecule has 2 rings (SSSR count). The predicted molar refractivity (Wildman–Crippen MR) is 69.0 cm³/mol. The minimum Gasteiger partial charge on any atom is -0.485 e. The molecule has 0 aromatic heterocycles. The van der Waals surface area contributed by atoms with Gasteiger partial charge in [-0.05, 0) is 31.0 Å². The molecule has 0 aliphatic carbocycles. The number of ether oxygens (including phenoxy) is 1. The monoisotopic (exact) mass is 240 g/mol. The van der Waals surface area contributed by atoms with Gasteiger partial charge in [-0.3, -0.25) is 4.99 Å². The largest absolute Gasteiger partial charge is 0.485 e. The van der Waals surface area contributed by atoms with Gasteiger partial charge in [0.1, 0.15) is 18.2 Å². The summed E-state index contributed by atoms with van der Waals surface area (Å²) in [7, 11) is 0. The van der Waals surface area contributed by atoms with Gasteiger partial charge in [0.15, 0.2) is 0 Å². The van der Waals surface area contributed by atoms with Crippen LogP contribution in [0.5, 0.6) is 5.75 Å². The van der Waals surface area contributed by atoms with E-state index in [1.165, 1.54) is 11.1 Å². The maximum Gasteiger partial charge on any atom is 0.145 e. The normalized spacial score (nSPS) is 13.8. The van der Waals surface area contributed by atoms with Crippen molar-refractivity contribution in [2.45, 2.75) is 13.8 Å². The number of aryl methyl sites for hydroxylation is 1. The summed E-state index contributed by atoms with van der Waals surface area (Å²) in [5.74, 6) is 1.90. The van der Waals surface area contributed by atoms with Crippen LogP contribution < -0.4 is 10.1 Å². The molecule has 1 aliphatic heterocycles. The zero-order valence-electron chi connectivity index (χ0n) is 9.62. The second-order valence-electron chi connectivity index (χ2n) is 3.74. The SMILES string of the molecule is Cc1cccc(OCC2=NCCN2)c1C.Cl. The van der Waals surface area contributed by atoms with Crippen molar-refractivity contribution < 1.29 is 4.74 Å². The molecule has 0 saturated carbocycles. The molecule has 3 nitrogen and oxygen atoms in total. The van der Waals surface area contributed by atoms with Crippen LogP contribution in [0.1, 0.15) is 11.1 Å². The number of nitrogens with one attached hydrogen (secondary N) is 1. The zero-order valence-corrected chi connectivity index (χ0v) is 10.4. The summed E-state index contributed by atoms with van der Waals surface area (Å²) in [5, 5.41) is 3.19. The molecule has 0 radical (unpaired) electrons. The van der Waals surface area contributed by atoms with Crippen LogP contribution in [-0.4, -0.2) is 25.5 Å². The second kappa shape index (κ2) is 5.75. The fraction of sp³-hybridized carbons (Fsp3) is 0.417. The molecular formula is C12H17ClN2O. The number of aliphatic imine (C=N–C) groups is 1. The van der Waals surface area contributed by atoms with Gasteiger partial charge < -0.3 is 10.1 Å². The number of halogens is 1. The first kappa shape index (κ1) is 12.8. The Bertz CT molecular complexity index is 391. The van der Waals surface area contributed by atoms with Gasteiger partial charge in [-0.2, -0.15) is 0 Å². The number of nitrogens with zero attached hydrogens (tertiary/aromatic N) is 1. The Morgan fingerprint density at radius 3 is 2.88 bits per heavy atom. The molecular weight excluding hydrogens is 224 g/mol. The third kappa shape index (κ3) is 2.89. The average Bonchev–Trinajstić information content (AvgIpc) is 2.73. The van der Waals surface area contributed by atoms with Crippen molar-refractivity contribution in [2.75, 3.05) is 19.7 Å². The number of amidine groups is 1. The number of benzene rings is 1. The molecule has 1 heterocycles. The summed E-state index contributed by atoms with van der Waals surface area (Å²) < 4.78 is 5.71. The van der Waals surface area contributed by atoms with Crippen LogP contribution in [0.3, 0.4) is 0 Å². The minimum absolute atomic E-state index is 0. The fourth-order valence-electron chi connectivity index (χ4n) is 1.57. The van der Waals surface area contributed by atoms with Crippen LogP contribution in [0.2, 0.25) is 0 Å². The Labute approximate surface area is 102 Å². The fourth-order valence-corrected chi connectivity index (χ4v) is 1.57. The summed E-state index contributed by atoms with van der Waals surface area (Å²) >= 11 is 0.